The second-order valence-electron chi connectivity index (χ2n) is 6.09. The number of nitrogens with zero attached hydrogens (tertiary/aromatic N) is 2. The molecule has 0 atom stereocenters. The Kier molecular flexibility index (Phi) is 4.88. The van der Waals surface area contributed by atoms with Gasteiger partial charge in [0.1, 0.15) is 17.3 Å². The zero-order valence-electron chi connectivity index (χ0n) is 14.8. The SMILES string of the molecule is O=C(OCc1nc2scc(-c3ccccc3)c2c(=O)[nH]1)c1ccc([N+](=O)[O-])cc1. The summed E-state index contributed by atoms with van der Waals surface area (Å²) in [6.07, 6.45) is 0. The summed E-state index contributed by atoms with van der Waals surface area (Å²) >= 11 is 1.34. The highest BCUT2D eigenvalue weighted by atomic mass is 32.1. The van der Waals surface area contributed by atoms with Crippen molar-refractivity contribution in [3.63, 3.8) is 0 Å². The number of H-pyrrole nitrogens is 1. The van der Waals surface area contributed by atoms with E-state index >= 15 is 0 Å². The third-order valence-corrected chi connectivity index (χ3v) is 5.10. The van der Waals surface area contributed by atoms with Crippen LogP contribution in [0.2, 0.25) is 0 Å². The molecule has 0 aliphatic rings. The van der Waals surface area contributed by atoms with E-state index in [1.807, 2.05) is 35.7 Å². The van der Waals surface area contributed by atoms with Crippen LogP contribution in [-0.4, -0.2) is 20.9 Å². The van der Waals surface area contributed by atoms with E-state index in [0.29, 0.717) is 10.2 Å². The zero-order valence-corrected chi connectivity index (χ0v) is 15.6. The van der Waals surface area contributed by atoms with Gasteiger partial charge < -0.3 is 9.72 Å². The molecule has 0 unspecified atom stereocenters. The lowest BCUT2D eigenvalue weighted by Gasteiger charge is -2.05. The minimum Gasteiger partial charge on any atom is -0.454 e. The summed E-state index contributed by atoms with van der Waals surface area (Å²) in [6, 6.07) is 14.6. The number of fused-ring (bicyclic) bond motifs is 1. The van der Waals surface area contributed by atoms with E-state index in [9.17, 15) is 19.7 Å². The van der Waals surface area contributed by atoms with Crippen LogP contribution in [0.3, 0.4) is 0 Å². The van der Waals surface area contributed by atoms with Crippen LogP contribution >= 0.6 is 11.3 Å². The Morgan fingerprint density at radius 1 is 1.14 bits per heavy atom. The molecule has 0 aliphatic carbocycles. The highest BCUT2D eigenvalue weighted by molar-refractivity contribution is 7.17. The zero-order chi connectivity index (χ0) is 20.4. The molecular weight excluding hydrogens is 394 g/mol. The molecule has 0 fully saturated rings. The normalized spacial score (nSPS) is 10.8. The van der Waals surface area contributed by atoms with Crippen LogP contribution in [-0.2, 0) is 11.3 Å². The van der Waals surface area contributed by atoms with Crippen molar-refractivity contribution in [1.82, 2.24) is 9.97 Å². The molecule has 0 saturated carbocycles. The van der Waals surface area contributed by atoms with Gasteiger partial charge in [0, 0.05) is 23.1 Å². The van der Waals surface area contributed by atoms with Crippen LogP contribution < -0.4 is 5.56 Å². The summed E-state index contributed by atoms with van der Waals surface area (Å²) in [6.45, 7) is -0.223. The molecule has 2 aromatic heterocycles. The third kappa shape index (κ3) is 3.76. The Morgan fingerprint density at radius 2 is 1.86 bits per heavy atom. The topological polar surface area (TPSA) is 115 Å². The van der Waals surface area contributed by atoms with Crippen molar-refractivity contribution in [2.45, 2.75) is 6.61 Å². The molecule has 4 aromatic rings. The highest BCUT2D eigenvalue weighted by Gasteiger charge is 2.15. The Morgan fingerprint density at radius 3 is 2.55 bits per heavy atom. The van der Waals surface area contributed by atoms with Gasteiger partial charge in [-0.25, -0.2) is 9.78 Å². The average Bonchev–Trinajstić information content (AvgIpc) is 3.17. The highest BCUT2D eigenvalue weighted by Crippen LogP contribution is 2.30. The van der Waals surface area contributed by atoms with Gasteiger partial charge >= 0.3 is 5.97 Å². The summed E-state index contributed by atoms with van der Waals surface area (Å²) in [5.74, 6) is -0.446. The number of nitrogens with one attached hydrogen (secondary N) is 1. The molecule has 1 N–H and O–H groups in total. The summed E-state index contributed by atoms with van der Waals surface area (Å²) in [7, 11) is 0. The average molecular weight is 407 g/mol. The molecule has 8 nitrogen and oxygen atoms in total. The van der Waals surface area contributed by atoms with Crippen molar-refractivity contribution in [3.8, 4) is 11.1 Å². The fourth-order valence-electron chi connectivity index (χ4n) is 2.83. The lowest BCUT2D eigenvalue weighted by molar-refractivity contribution is -0.384. The minimum absolute atomic E-state index is 0.120. The van der Waals surface area contributed by atoms with Crippen LogP contribution in [0.25, 0.3) is 21.3 Å². The van der Waals surface area contributed by atoms with E-state index in [4.69, 9.17) is 4.74 Å². The standard InChI is InChI=1S/C20H13N3O5S/c24-18-17-15(12-4-2-1-3-5-12)11-29-19(17)22-16(21-18)10-28-20(25)13-6-8-14(9-7-13)23(26)27/h1-9,11H,10H2,(H,21,22,24). The summed E-state index contributed by atoms with van der Waals surface area (Å²) in [4.78, 5) is 42.4. The number of ether oxygens (including phenoxy) is 1. The number of aromatic nitrogens is 2. The van der Waals surface area contributed by atoms with E-state index in [1.165, 1.54) is 35.6 Å². The number of rotatable bonds is 5. The largest absolute Gasteiger partial charge is 0.454 e. The molecule has 2 heterocycles. The van der Waals surface area contributed by atoms with E-state index < -0.39 is 10.9 Å². The molecule has 0 spiro atoms. The molecule has 0 aliphatic heterocycles. The van der Waals surface area contributed by atoms with Gasteiger partial charge in [0.25, 0.3) is 11.2 Å². The Balaban J connectivity index is 1.54. The number of esters is 1. The number of hydrogen-bond acceptors (Lipinski definition) is 7. The number of hydrogen-bond donors (Lipinski definition) is 1. The first-order chi connectivity index (χ1) is 14.0. The van der Waals surface area contributed by atoms with E-state index in [0.717, 1.165) is 11.1 Å². The van der Waals surface area contributed by atoms with Crippen LogP contribution in [0.5, 0.6) is 0 Å². The molecule has 0 saturated heterocycles. The lowest BCUT2D eigenvalue weighted by atomic mass is 10.1. The van der Waals surface area contributed by atoms with Gasteiger partial charge in [-0.05, 0) is 17.7 Å². The first-order valence-corrected chi connectivity index (χ1v) is 9.38. The Labute approximate surface area is 167 Å². The first-order valence-electron chi connectivity index (χ1n) is 8.50. The van der Waals surface area contributed by atoms with Gasteiger partial charge in [-0.1, -0.05) is 30.3 Å². The van der Waals surface area contributed by atoms with E-state index in [2.05, 4.69) is 9.97 Å². The predicted octanol–water partition coefficient (Wildman–Crippen LogP) is 3.92. The third-order valence-electron chi connectivity index (χ3n) is 4.23. The maximum absolute atomic E-state index is 12.6. The van der Waals surface area contributed by atoms with Crippen molar-refractivity contribution in [3.05, 3.63) is 91.8 Å². The van der Waals surface area contributed by atoms with Crippen LogP contribution in [0.1, 0.15) is 16.2 Å². The van der Waals surface area contributed by atoms with Crippen molar-refractivity contribution in [1.29, 1.82) is 0 Å². The molecule has 29 heavy (non-hydrogen) atoms. The van der Waals surface area contributed by atoms with Gasteiger partial charge in [0.15, 0.2) is 0 Å². The number of non-ortho nitro benzene ring substituents is 1. The number of carbonyl (C=O) groups excluding carboxylic acids is 1. The number of carbonyl (C=O) groups is 1. The second kappa shape index (κ2) is 7.64. The molecule has 4 rings (SSSR count). The van der Waals surface area contributed by atoms with Gasteiger partial charge in [-0.3, -0.25) is 14.9 Å². The number of nitro benzene ring substituents is 1. The van der Waals surface area contributed by atoms with Gasteiger partial charge in [0.2, 0.25) is 0 Å². The van der Waals surface area contributed by atoms with Crippen LogP contribution in [0.4, 0.5) is 5.69 Å². The van der Waals surface area contributed by atoms with Gasteiger partial charge in [-0.15, -0.1) is 11.3 Å². The van der Waals surface area contributed by atoms with E-state index in [-0.39, 0.29) is 29.2 Å². The van der Waals surface area contributed by atoms with Crippen LogP contribution in [0.15, 0.2) is 64.8 Å². The van der Waals surface area contributed by atoms with Crippen molar-refractivity contribution < 1.29 is 14.5 Å². The fourth-order valence-corrected chi connectivity index (χ4v) is 3.80. The van der Waals surface area contributed by atoms with E-state index in [1.54, 1.807) is 0 Å². The molecule has 0 bridgehead atoms. The Bertz CT molecular complexity index is 1260. The van der Waals surface area contributed by atoms with Crippen LogP contribution in [0, 0.1) is 10.1 Å². The van der Waals surface area contributed by atoms with Gasteiger partial charge in [-0.2, -0.15) is 0 Å². The summed E-state index contributed by atoms with van der Waals surface area (Å²) in [5.41, 5.74) is 1.46. The molecule has 2 aromatic carbocycles. The summed E-state index contributed by atoms with van der Waals surface area (Å²) < 4.78 is 5.17. The van der Waals surface area contributed by atoms with Crippen molar-refractivity contribution in [2.24, 2.45) is 0 Å². The molecule has 144 valence electrons. The maximum atomic E-state index is 12.6. The number of benzene rings is 2. The molecule has 9 heteroatoms. The smallest absolute Gasteiger partial charge is 0.338 e. The molecular formula is C20H13N3O5S. The van der Waals surface area contributed by atoms with Crippen molar-refractivity contribution in [2.75, 3.05) is 0 Å². The number of thiophene rings is 1. The van der Waals surface area contributed by atoms with Crippen molar-refractivity contribution >= 4 is 33.2 Å². The number of nitro groups is 1. The fraction of sp³-hybridized carbons (Fsp3) is 0.0500. The number of aromatic amines is 1. The predicted molar refractivity (Wildman–Crippen MR) is 108 cm³/mol. The molecule has 0 amide bonds. The minimum atomic E-state index is -0.668. The first kappa shape index (κ1) is 18.5. The van der Waals surface area contributed by atoms with Gasteiger partial charge in [0.05, 0.1) is 15.9 Å². The molecule has 0 radical (unpaired) electrons. The monoisotopic (exact) mass is 407 g/mol. The Hall–Kier alpha value is -3.85. The summed E-state index contributed by atoms with van der Waals surface area (Å²) in [5, 5.41) is 13.0. The quantitative estimate of drug-likeness (QED) is 0.305. The second-order valence-corrected chi connectivity index (χ2v) is 6.95. The maximum Gasteiger partial charge on any atom is 0.338 e. The lowest BCUT2D eigenvalue weighted by Crippen LogP contribution is -2.14.